The first-order chi connectivity index (χ1) is 8.08. The number of hydrogen-bond donors (Lipinski definition) is 1. The van der Waals surface area contributed by atoms with Gasteiger partial charge in [0.15, 0.2) is 0 Å². The lowest BCUT2D eigenvalue weighted by molar-refractivity contribution is 0.679. The van der Waals surface area contributed by atoms with E-state index in [0.29, 0.717) is 28.4 Å². The summed E-state index contributed by atoms with van der Waals surface area (Å²) >= 11 is 3.15. The summed E-state index contributed by atoms with van der Waals surface area (Å²) in [4.78, 5) is 24.0. The van der Waals surface area contributed by atoms with Crippen molar-refractivity contribution in [1.82, 2.24) is 19.5 Å². The topological polar surface area (TPSA) is 86.7 Å². The van der Waals surface area contributed by atoms with Gasteiger partial charge in [0.05, 0.1) is 24.6 Å². The molecule has 0 atom stereocenters. The average Bonchev–Trinajstić information content (AvgIpc) is 2.32. The predicted molar refractivity (Wildman–Crippen MR) is 66.5 cm³/mol. The van der Waals surface area contributed by atoms with Crippen molar-refractivity contribution in [2.75, 3.05) is 5.73 Å². The highest BCUT2D eigenvalue weighted by Gasteiger charge is 2.06. The predicted octanol–water partition coefficient (Wildman–Crippen LogP) is 0.735. The van der Waals surface area contributed by atoms with Crippen LogP contribution >= 0.6 is 15.9 Å². The zero-order valence-electron chi connectivity index (χ0n) is 9.09. The molecule has 0 fully saturated rings. The molecule has 0 unspecified atom stereocenters. The molecule has 0 bridgehead atoms. The van der Waals surface area contributed by atoms with Crippen LogP contribution in [0, 0.1) is 6.92 Å². The van der Waals surface area contributed by atoms with Crippen LogP contribution in [0.5, 0.6) is 0 Å². The third-order valence-electron chi connectivity index (χ3n) is 2.25. The molecule has 0 spiro atoms. The normalized spacial score (nSPS) is 10.5. The summed E-state index contributed by atoms with van der Waals surface area (Å²) in [7, 11) is 0. The lowest BCUT2D eigenvalue weighted by Gasteiger charge is -2.08. The van der Waals surface area contributed by atoms with E-state index in [-0.39, 0.29) is 5.56 Å². The number of halogens is 1. The molecule has 0 saturated carbocycles. The number of aromatic nitrogens is 4. The fourth-order valence-electron chi connectivity index (χ4n) is 1.35. The summed E-state index contributed by atoms with van der Waals surface area (Å²) < 4.78 is 1.94. The first-order valence-electron chi connectivity index (χ1n) is 4.86. The van der Waals surface area contributed by atoms with E-state index >= 15 is 0 Å². The zero-order valence-corrected chi connectivity index (χ0v) is 10.7. The van der Waals surface area contributed by atoms with Gasteiger partial charge in [-0.25, -0.2) is 9.97 Å². The molecule has 2 N–H and O–H groups in total. The molecule has 2 aromatic heterocycles. The number of aryl methyl sites for hydroxylation is 1. The molecule has 0 radical (unpaired) electrons. The van der Waals surface area contributed by atoms with Gasteiger partial charge >= 0.3 is 0 Å². The Hall–Kier alpha value is -1.76. The molecule has 0 aromatic carbocycles. The lowest BCUT2D eigenvalue weighted by Crippen LogP contribution is -2.25. The Morgan fingerprint density at radius 2 is 2.06 bits per heavy atom. The van der Waals surface area contributed by atoms with Crippen molar-refractivity contribution in [3.8, 4) is 0 Å². The van der Waals surface area contributed by atoms with Gasteiger partial charge in [0, 0.05) is 6.20 Å². The second-order valence-corrected chi connectivity index (χ2v) is 4.33. The highest BCUT2D eigenvalue weighted by molar-refractivity contribution is 9.10. The molecule has 6 nitrogen and oxygen atoms in total. The third kappa shape index (κ3) is 2.50. The molecule has 0 amide bonds. The minimum atomic E-state index is -0.142. The first kappa shape index (κ1) is 11.7. The molecule has 0 aliphatic carbocycles. The zero-order chi connectivity index (χ0) is 12.4. The monoisotopic (exact) mass is 295 g/mol. The maximum atomic E-state index is 11.9. The van der Waals surface area contributed by atoms with Gasteiger partial charge in [-0.1, -0.05) is 0 Å². The van der Waals surface area contributed by atoms with Crippen molar-refractivity contribution < 1.29 is 0 Å². The van der Waals surface area contributed by atoms with Crippen molar-refractivity contribution in [2.45, 2.75) is 13.5 Å². The van der Waals surface area contributed by atoms with Crippen LogP contribution in [-0.2, 0) is 6.54 Å². The van der Waals surface area contributed by atoms with Gasteiger partial charge < -0.3 is 5.73 Å². The van der Waals surface area contributed by atoms with E-state index in [9.17, 15) is 4.79 Å². The van der Waals surface area contributed by atoms with E-state index in [1.54, 1.807) is 13.1 Å². The summed E-state index contributed by atoms with van der Waals surface area (Å²) in [6, 6.07) is 0. The molecule has 2 heterocycles. The second kappa shape index (κ2) is 4.62. The largest absolute Gasteiger partial charge is 0.382 e. The van der Waals surface area contributed by atoms with Crippen molar-refractivity contribution in [3.63, 3.8) is 0 Å². The van der Waals surface area contributed by atoms with Crippen LogP contribution in [0.3, 0.4) is 0 Å². The van der Waals surface area contributed by atoms with Gasteiger partial charge in [0.25, 0.3) is 5.56 Å². The van der Waals surface area contributed by atoms with Gasteiger partial charge in [-0.05, 0) is 22.9 Å². The molecule has 2 rings (SSSR count). The Balaban J connectivity index is 2.39. The van der Waals surface area contributed by atoms with Gasteiger partial charge in [0.2, 0.25) is 0 Å². The van der Waals surface area contributed by atoms with Crippen LogP contribution in [0.25, 0.3) is 0 Å². The molecule has 0 aliphatic rings. The molecule has 2 aromatic rings. The molecule has 17 heavy (non-hydrogen) atoms. The lowest BCUT2D eigenvalue weighted by atomic mass is 10.4. The van der Waals surface area contributed by atoms with Crippen LogP contribution in [0.1, 0.15) is 11.5 Å². The van der Waals surface area contributed by atoms with Gasteiger partial charge in [-0.3, -0.25) is 14.3 Å². The summed E-state index contributed by atoms with van der Waals surface area (Å²) in [5, 5.41) is 0. The van der Waals surface area contributed by atoms with Crippen molar-refractivity contribution in [3.05, 3.63) is 44.9 Å². The molecular weight excluding hydrogens is 286 g/mol. The number of nitrogen functional groups attached to an aromatic ring is 1. The van der Waals surface area contributed by atoms with Gasteiger partial charge in [0.1, 0.15) is 16.1 Å². The summed E-state index contributed by atoms with van der Waals surface area (Å²) in [6.07, 6.45) is 4.49. The maximum absolute atomic E-state index is 11.9. The van der Waals surface area contributed by atoms with Crippen LogP contribution in [0.4, 0.5) is 5.82 Å². The van der Waals surface area contributed by atoms with Gasteiger partial charge in [-0.15, -0.1) is 0 Å². The highest BCUT2D eigenvalue weighted by Crippen LogP contribution is 2.04. The Labute approximate surface area is 106 Å². The fraction of sp³-hybridized carbons (Fsp3) is 0.200. The minimum absolute atomic E-state index is 0.142. The smallest absolute Gasteiger partial charge is 0.268 e. The van der Waals surface area contributed by atoms with E-state index < -0.39 is 0 Å². The Morgan fingerprint density at radius 3 is 2.71 bits per heavy atom. The average molecular weight is 296 g/mol. The van der Waals surface area contributed by atoms with E-state index in [2.05, 4.69) is 30.9 Å². The highest BCUT2D eigenvalue weighted by atomic mass is 79.9. The number of nitrogens with two attached hydrogens (primary N) is 1. The Kier molecular flexibility index (Phi) is 3.19. The van der Waals surface area contributed by atoms with Crippen LogP contribution in [0.15, 0.2) is 27.9 Å². The van der Waals surface area contributed by atoms with Gasteiger partial charge in [-0.2, -0.15) is 0 Å². The van der Waals surface area contributed by atoms with Crippen LogP contribution in [-0.4, -0.2) is 19.5 Å². The minimum Gasteiger partial charge on any atom is -0.382 e. The molecular formula is C10H10BrN5O. The SMILES string of the molecule is Cc1ncc(Br)c(=O)n1Cc1cnc(N)cn1. The van der Waals surface area contributed by atoms with Crippen LogP contribution < -0.4 is 11.3 Å². The second-order valence-electron chi connectivity index (χ2n) is 3.48. The van der Waals surface area contributed by atoms with Crippen LogP contribution in [0.2, 0.25) is 0 Å². The maximum Gasteiger partial charge on any atom is 0.268 e. The van der Waals surface area contributed by atoms with E-state index in [4.69, 9.17) is 5.73 Å². The Bertz CT molecular complexity index is 593. The molecule has 88 valence electrons. The van der Waals surface area contributed by atoms with E-state index in [0.717, 1.165) is 0 Å². The quantitative estimate of drug-likeness (QED) is 0.883. The number of hydrogen-bond acceptors (Lipinski definition) is 5. The number of anilines is 1. The Morgan fingerprint density at radius 1 is 1.29 bits per heavy atom. The number of rotatable bonds is 2. The summed E-state index contributed by atoms with van der Waals surface area (Å²) in [5.74, 6) is 0.974. The van der Waals surface area contributed by atoms with Crippen molar-refractivity contribution in [2.24, 2.45) is 0 Å². The van der Waals surface area contributed by atoms with Crippen molar-refractivity contribution in [1.29, 1.82) is 0 Å². The summed E-state index contributed by atoms with van der Waals surface area (Å²) in [5.41, 5.74) is 5.96. The molecule has 7 heteroatoms. The summed E-state index contributed by atoms with van der Waals surface area (Å²) in [6.45, 7) is 2.09. The van der Waals surface area contributed by atoms with E-state index in [1.165, 1.54) is 17.0 Å². The standard InChI is InChI=1S/C10H10BrN5O/c1-6-13-3-8(11)10(17)16(6)5-7-2-15-9(12)4-14-7/h2-4H,5H2,1H3,(H2,12,15). The molecule has 0 saturated heterocycles. The third-order valence-corrected chi connectivity index (χ3v) is 2.79. The first-order valence-corrected chi connectivity index (χ1v) is 5.65. The van der Waals surface area contributed by atoms with Crippen molar-refractivity contribution >= 4 is 21.7 Å². The number of nitrogens with zero attached hydrogens (tertiary/aromatic N) is 4. The fourth-order valence-corrected chi connectivity index (χ4v) is 1.66. The molecule has 0 aliphatic heterocycles. The van der Waals surface area contributed by atoms with E-state index in [1.807, 2.05) is 0 Å².